The lowest BCUT2D eigenvalue weighted by Gasteiger charge is -2.26. The molecule has 0 atom stereocenters. The average molecular weight is 360 g/mol. The smallest absolute Gasteiger partial charge is 0.243 e. The summed E-state index contributed by atoms with van der Waals surface area (Å²) in [6.45, 7) is 0.659. The number of halogens is 1. The van der Waals surface area contributed by atoms with Gasteiger partial charge >= 0.3 is 0 Å². The molecule has 1 N–H and O–H groups in total. The molecule has 0 spiro atoms. The van der Waals surface area contributed by atoms with Crippen LogP contribution in [0, 0.1) is 5.82 Å². The van der Waals surface area contributed by atoms with Crippen molar-refractivity contribution in [3.05, 3.63) is 59.5 Å². The van der Waals surface area contributed by atoms with Gasteiger partial charge in [-0.3, -0.25) is 0 Å². The molecule has 2 aromatic carbocycles. The lowest BCUT2D eigenvalue weighted by Crippen LogP contribution is -2.35. The minimum absolute atomic E-state index is 0.239. The zero-order valence-electron chi connectivity index (χ0n) is 13.6. The highest BCUT2D eigenvalue weighted by Crippen LogP contribution is 2.31. The van der Waals surface area contributed by atoms with Crippen LogP contribution in [0.2, 0.25) is 0 Å². The maximum atomic E-state index is 13.4. The molecule has 7 heteroatoms. The number of hydrogen-bond donors (Lipinski definition) is 1. The maximum Gasteiger partial charge on any atom is 0.243 e. The molecule has 0 saturated carbocycles. The fourth-order valence-corrected chi connectivity index (χ4v) is 4.68. The van der Waals surface area contributed by atoms with Crippen LogP contribution < -0.4 is 4.74 Å². The first kappa shape index (κ1) is 16.1. The normalized spacial score (nSPS) is 15.3. The summed E-state index contributed by atoms with van der Waals surface area (Å²) in [7, 11) is -2.06. The first-order chi connectivity index (χ1) is 12.0. The zero-order chi connectivity index (χ0) is 17.6. The Labute approximate surface area is 145 Å². The standard InChI is InChI=1S/C18H17FN2O3S/c1-24-13-3-5-14(6-4-13)25(22,23)21-9-8-17-16(11-21)15-7-2-12(19)10-18(15)20-17/h2-7,10,20H,8-9,11H2,1H3. The van der Waals surface area contributed by atoms with E-state index in [1.54, 1.807) is 30.3 Å². The van der Waals surface area contributed by atoms with Gasteiger partial charge in [0.15, 0.2) is 0 Å². The Bertz CT molecular complexity index is 1040. The van der Waals surface area contributed by atoms with Crippen LogP contribution in [0.1, 0.15) is 11.3 Å². The highest BCUT2D eigenvalue weighted by Gasteiger charge is 2.30. The average Bonchev–Trinajstić information content (AvgIpc) is 2.98. The molecule has 25 heavy (non-hydrogen) atoms. The summed E-state index contributed by atoms with van der Waals surface area (Å²) in [4.78, 5) is 3.44. The van der Waals surface area contributed by atoms with Gasteiger partial charge in [0.1, 0.15) is 11.6 Å². The molecule has 0 amide bonds. The van der Waals surface area contributed by atoms with Crippen molar-refractivity contribution >= 4 is 20.9 Å². The van der Waals surface area contributed by atoms with Crippen LogP contribution in [0.4, 0.5) is 4.39 Å². The minimum Gasteiger partial charge on any atom is -0.497 e. The Morgan fingerprint density at radius 1 is 1.16 bits per heavy atom. The Morgan fingerprint density at radius 2 is 1.92 bits per heavy atom. The molecule has 0 bridgehead atoms. The van der Waals surface area contributed by atoms with Gasteiger partial charge in [-0.25, -0.2) is 12.8 Å². The summed E-state index contributed by atoms with van der Waals surface area (Å²) < 4.78 is 45.8. The van der Waals surface area contributed by atoms with Gasteiger partial charge in [0.2, 0.25) is 10.0 Å². The van der Waals surface area contributed by atoms with E-state index in [1.807, 2.05) is 0 Å². The van der Waals surface area contributed by atoms with E-state index in [1.165, 1.54) is 23.5 Å². The van der Waals surface area contributed by atoms with Crippen LogP contribution in [-0.4, -0.2) is 31.4 Å². The van der Waals surface area contributed by atoms with Crippen LogP contribution >= 0.6 is 0 Å². The van der Waals surface area contributed by atoms with E-state index in [0.29, 0.717) is 24.2 Å². The Hall–Kier alpha value is -2.38. The third-order valence-electron chi connectivity index (χ3n) is 4.60. The van der Waals surface area contributed by atoms with E-state index in [2.05, 4.69) is 4.98 Å². The molecule has 2 heterocycles. The number of sulfonamides is 1. The van der Waals surface area contributed by atoms with Crippen molar-refractivity contribution in [2.24, 2.45) is 0 Å². The van der Waals surface area contributed by atoms with Gasteiger partial charge in [-0.05, 0) is 48.0 Å². The number of benzene rings is 2. The monoisotopic (exact) mass is 360 g/mol. The van der Waals surface area contributed by atoms with Crippen molar-refractivity contribution in [3.8, 4) is 5.75 Å². The van der Waals surface area contributed by atoms with Crippen LogP contribution in [-0.2, 0) is 23.0 Å². The highest BCUT2D eigenvalue weighted by molar-refractivity contribution is 7.89. The molecule has 0 saturated heterocycles. The second-order valence-corrected chi connectivity index (χ2v) is 7.97. The van der Waals surface area contributed by atoms with E-state index in [4.69, 9.17) is 4.74 Å². The van der Waals surface area contributed by atoms with Gasteiger partial charge in [0.05, 0.1) is 12.0 Å². The molecular weight excluding hydrogens is 343 g/mol. The van der Waals surface area contributed by atoms with E-state index < -0.39 is 10.0 Å². The summed E-state index contributed by atoms with van der Waals surface area (Å²) in [5.41, 5.74) is 2.59. The number of aromatic amines is 1. The third-order valence-corrected chi connectivity index (χ3v) is 6.46. The van der Waals surface area contributed by atoms with Crippen molar-refractivity contribution in [2.45, 2.75) is 17.9 Å². The number of aromatic nitrogens is 1. The van der Waals surface area contributed by atoms with Crippen LogP contribution in [0.25, 0.3) is 10.9 Å². The first-order valence-corrected chi connectivity index (χ1v) is 9.36. The molecular formula is C18H17FN2O3S. The molecule has 130 valence electrons. The van der Waals surface area contributed by atoms with E-state index in [0.717, 1.165) is 16.6 Å². The van der Waals surface area contributed by atoms with Crippen molar-refractivity contribution in [3.63, 3.8) is 0 Å². The van der Waals surface area contributed by atoms with Gasteiger partial charge in [-0.15, -0.1) is 0 Å². The predicted molar refractivity (Wildman–Crippen MR) is 92.6 cm³/mol. The Kier molecular flexibility index (Phi) is 3.77. The summed E-state index contributed by atoms with van der Waals surface area (Å²) in [6.07, 6.45) is 0.570. The molecule has 1 aliphatic heterocycles. The molecule has 0 unspecified atom stereocenters. The van der Waals surface area contributed by atoms with Gasteiger partial charge in [-0.2, -0.15) is 4.31 Å². The quantitative estimate of drug-likeness (QED) is 0.781. The van der Waals surface area contributed by atoms with Crippen molar-refractivity contribution in [2.75, 3.05) is 13.7 Å². The number of ether oxygens (including phenoxy) is 1. The lowest BCUT2D eigenvalue weighted by atomic mass is 10.1. The summed E-state index contributed by atoms with van der Waals surface area (Å²) in [6, 6.07) is 10.9. The second kappa shape index (κ2) is 5.86. The van der Waals surface area contributed by atoms with Crippen LogP contribution in [0.5, 0.6) is 5.75 Å². The number of rotatable bonds is 3. The Morgan fingerprint density at radius 3 is 2.64 bits per heavy atom. The lowest BCUT2D eigenvalue weighted by molar-refractivity contribution is 0.391. The van der Waals surface area contributed by atoms with Crippen molar-refractivity contribution in [1.82, 2.24) is 9.29 Å². The topological polar surface area (TPSA) is 62.4 Å². The summed E-state index contributed by atoms with van der Waals surface area (Å²) >= 11 is 0. The molecule has 0 fully saturated rings. The van der Waals surface area contributed by atoms with E-state index >= 15 is 0 Å². The molecule has 1 aromatic heterocycles. The van der Waals surface area contributed by atoms with E-state index in [9.17, 15) is 12.8 Å². The number of hydrogen-bond acceptors (Lipinski definition) is 3. The molecule has 0 radical (unpaired) electrons. The van der Waals surface area contributed by atoms with Gasteiger partial charge in [0.25, 0.3) is 0 Å². The summed E-state index contributed by atoms with van der Waals surface area (Å²) in [5, 5.41) is 0.867. The Balaban J connectivity index is 1.70. The van der Waals surface area contributed by atoms with Crippen molar-refractivity contribution in [1.29, 1.82) is 0 Å². The molecule has 1 aliphatic rings. The number of methoxy groups -OCH3 is 1. The molecule has 4 rings (SSSR count). The van der Waals surface area contributed by atoms with Gasteiger partial charge in [0, 0.05) is 36.1 Å². The second-order valence-electron chi connectivity index (χ2n) is 6.04. The highest BCUT2D eigenvalue weighted by atomic mass is 32.2. The third kappa shape index (κ3) is 2.69. The predicted octanol–water partition coefficient (Wildman–Crippen LogP) is 3.06. The zero-order valence-corrected chi connectivity index (χ0v) is 14.4. The summed E-state index contributed by atoms with van der Waals surface area (Å²) in [5.74, 6) is 0.298. The number of nitrogens with zero attached hydrogens (tertiary/aromatic N) is 1. The maximum absolute atomic E-state index is 13.4. The fourth-order valence-electron chi connectivity index (χ4n) is 3.27. The number of fused-ring (bicyclic) bond motifs is 3. The fraction of sp³-hybridized carbons (Fsp3) is 0.222. The minimum atomic E-state index is -3.59. The van der Waals surface area contributed by atoms with E-state index in [-0.39, 0.29) is 17.3 Å². The van der Waals surface area contributed by atoms with Gasteiger partial charge in [-0.1, -0.05) is 0 Å². The largest absolute Gasteiger partial charge is 0.497 e. The number of nitrogens with one attached hydrogen (secondary N) is 1. The molecule has 3 aromatic rings. The number of H-pyrrole nitrogens is 1. The SMILES string of the molecule is COc1ccc(S(=O)(=O)N2CCc3[nH]c4cc(F)ccc4c3C2)cc1. The molecule has 0 aliphatic carbocycles. The van der Waals surface area contributed by atoms with Crippen LogP contribution in [0.15, 0.2) is 47.4 Å². The molecule has 5 nitrogen and oxygen atoms in total. The van der Waals surface area contributed by atoms with Gasteiger partial charge < -0.3 is 9.72 Å². The van der Waals surface area contributed by atoms with Crippen LogP contribution in [0.3, 0.4) is 0 Å². The first-order valence-electron chi connectivity index (χ1n) is 7.92. The van der Waals surface area contributed by atoms with Crippen molar-refractivity contribution < 1.29 is 17.5 Å².